The SMILES string of the molecule is CSc1ccc2c(C(=O)O)cc(-c3ccc(F)c(F)c3)nc2c1. The highest BCUT2D eigenvalue weighted by Crippen LogP contribution is 2.28. The lowest BCUT2D eigenvalue weighted by molar-refractivity contribution is 0.0699. The number of fused-ring (bicyclic) bond motifs is 1. The first-order chi connectivity index (χ1) is 11.0. The average molecular weight is 331 g/mol. The zero-order valence-corrected chi connectivity index (χ0v) is 12.8. The second-order valence-electron chi connectivity index (χ2n) is 4.87. The Morgan fingerprint density at radius 1 is 1.09 bits per heavy atom. The van der Waals surface area contributed by atoms with Crippen LogP contribution in [0.3, 0.4) is 0 Å². The summed E-state index contributed by atoms with van der Waals surface area (Å²) in [4.78, 5) is 16.8. The van der Waals surface area contributed by atoms with Gasteiger partial charge in [-0.15, -0.1) is 11.8 Å². The summed E-state index contributed by atoms with van der Waals surface area (Å²) in [5.74, 6) is -3.06. The molecule has 0 fully saturated rings. The van der Waals surface area contributed by atoms with Crippen LogP contribution in [0.1, 0.15) is 10.4 Å². The molecule has 0 unspecified atom stereocenters. The second-order valence-corrected chi connectivity index (χ2v) is 5.75. The minimum absolute atomic E-state index is 0.0717. The van der Waals surface area contributed by atoms with Gasteiger partial charge in [-0.05, 0) is 42.7 Å². The molecule has 0 amide bonds. The first kappa shape index (κ1) is 15.4. The van der Waals surface area contributed by atoms with Gasteiger partial charge in [-0.2, -0.15) is 0 Å². The molecule has 23 heavy (non-hydrogen) atoms. The normalized spacial score (nSPS) is 10.9. The van der Waals surface area contributed by atoms with Crippen molar-refractivity contribution in [2.75, 3.05) is 6.26 Å². The van der Waals surface area contributed by atoms with Gasteiger partial charge in [-0.3, -0.25) is 0 Å². The van der Waals surface area contributed by atoms with Crippen LogP contribution in [0.2, 0.25) is 0 Å². The van der Waals surface area contributed by atoms with Crippen LogP contribution in [-0.2, 0) is 0 Å². The number of pyridine rings is 1. The van der Waals surface area contributed by atoms with Gasteiger partial charge >= 0.3 is 5.97 Å². The van der Waals surface area contributed by atoms with Gasteiger partial charge in [0.1, 0.15) is 0 Å². The maximum Gasteiger partial charge on any atom is 0.336 e. The van der Waals surface area contributed by atoms with Gasteiger partial charge in [0.25, 0.3) is 0 Å². The first-order valence-corrected chi connectivity index (χ1v) is 7.89. The Labute approximate surface area is 135 Å². The summed E-state index contributed by atoms with van der Waals surface area (Å²) in [7, 11) is 0. The Morgan fingerprint density at radius 2 is 1.87 bits per heavy atom. The van der Waals surface area contributed by atoms with Crippen molar-refractivity contribution in [1.29, 1.82) is 0 Å². The highest BCUT2D eigenvalue weighted by molar-refractivity contribution is 7.98. The molecule has 0 aliphatic carbocycles. The smallest absolute Gasteiger partial charge is 0.336 e. The van der Waals surface area contributed by atoms with Crippen LogP contribution in [0.25, 0.3) is 22.2 Å². The molecule has 3 aromatic rings. The highest BCUT2D eigenvalue weighted by atomic mass is 32.2. The Kier molecular flexibility index (Phi) is 4.00. The molecule has 0 aliphatic rings. The molecule has 0 aliphatic heterocycles. The molecular weight excluding hydrogens is 320 g/mol. The number of hydrogen-bond acceptors (Lipinski definition) is 3. The van der Waals surface area contributed by atoms with Crippen LogP contribution < -0.4 is 0 Å². The zero-order chi connectivity index (χ0) is 16.6. The van der Waals surface area contributed by atoms with E-state index in [-0.39, 0.29) is 11.3 Å². The van der Waals surface area contributed by atoms with Crippen LogP contribution in [0.5, 0.6) is 0 Å². The molecule has 6 heteroatoms. The van der Waals surface area contributed by atoms with E-state index >= 15 is 0 Å². The van der Waals surface area contributed by atoms with Crippen molar-refractivity contribution in [2.24, 2.45) is 0 Å². The van der Waals surface area contributed by atoms with Crippen LogP contribution in [0, 0.1) is 11.6 Å². The van der Waals surface area contributed by atoms with Gasteiger partial charge in [0.05, 0.1) is 16.8 Å². The van der Waals surface area contributed by atoms with Crippen molar-refractivity contribution in [3.8, 4) is 11.3 Å². The van der Waals surface area contributed by atoms with Gasteiger partial charge < -0.3 is 5.11 Å². The predicted octanol–water partition coefficient (Wildman–Crippen LogP) is 4.60. The second kappa shape index (κ2) is 5.96. The third-order valence-corrected chi connectivity index (χ3v) is 4.19. The fourth-order valence-electron chi connectivity index (χ4n) is 2.32. The molecule has 0 saturated heterocycles. The van der Waals surface area contributed by atoms with E-state index in [1.54, 1.807) is 12.1 Å². The van der Waals surface area contributed by atoms with E-state index in [4.69, 9.17) is 0 Å². The molecule has 3 nitrogen and oxygen atoms in total. The summed E-state index contributed by atoms with van der Waals surface area (Å²) in [6.45, 7) is 0. The Hall–Kier alpha value is -2.47. The first-order valence-electron chi connectivity index (χ1n) is 6.67. The maximum atomic E-state index is 13.4. The van der Waals surface area contributed by atoms with Crippen LogP contribution in [-0.4, -0.2) is 22.3 Å². The van der Waals surface area contributed by atoms with E-state index < -0.39 is 17.6 Å². The Morgan fingerprint density at radius 3 is 2.52 bits per heavy atom. The number of aromatic carboxylic acids is 1. The summed E-state index contributed by atoms with van der Waals surface area (Å²) >= 11 is 1.51. The standard InChI is InChI=1S/C17H11F2NO2S/c1-23-10-3-4-11-12(17(21)22)8-15(20-16(11)7-10)9-2-5-13(18)14(19)6-9/h2-8H,1H3,(H,21,22). The van der Waals surface area contributed by atoms with Crippen LogP contribution >= 0.6 is 11.8 Å². The van der Waals surface area contributed by atoms with Crippen molar-refractivity contribution in [3.05, 3.63) is 59.7 Å². The number of benzene rings is 2. The number of carboxylic acid groups (broad SMARTS) is 1. The van der Waals surface area contributed by atoms with Crippen molar-refractivity contribution in [3.63, 3.8) is 0 Å². The molecule has 0 radical (unpaired) electrons. The van der Waals surface area contributed by atoms with Gasteiger partial charge in [0.15, 0.2) is 11.6 Å². The average Bonchev–Trinajstić information content (AvgIpc) is 2.55. The number of carbonyl (C=O) groups is 1. The van der Waals surface area contributed by atoms with E-state index in [1.807, 2.05) is 12.3 Å². The number of rotatable bonds is 3. The molecule has 0 saturated carbocycles. The van der Waals surface area contributed by atoms with Crippen LogP contribution in [0.15, 0.2) is 47.4 Å². The third kappa shape index (κ3) is 2.90. The third-order valence-electron chi connectivity index (χ3n) is 3.46. The summed E-state index contributed by atoms with van der Waals surface area (Å²) in [6, 6.07) is 10.0. The minimum atomic E-state index is -1.10. The van der Waals surface area contributed by atoms with Gasteiger partial charge in [0.2, 0.25) is 0 Å². The number of hydrogen-bond donors (Lipinski definition) is 1. The number of halogens is 2. The van der Waals surface area contributed by atoms with Crippen LogP contribution in [0.4, 0.5) is 8.78 Å². The van der Waals surface area contributed by atoms with E-state index in [1.165, 1.54) is 23.9 Å². The van der Waals surface area contributed by atoms with Gasteiger partial charge in [-0.1, -0.05) is 6.07 Å². The van der Waals surface area contributed by atoms with Crippen molar-refractivity contribution < 1.29 is 18.7 Å². The van der Waals surface area contributed by atoms with Gasteiger partial charge in [0, 0.05) is 15.8 Å². The largest absolute Gasteiger partial charge is 0.478 e. The monoisotopic (exact) mass is 331 g/mol. The minimum Gasteiger partial charge on any atom is -0.478 e. The Balaban J connectivity index is 2.28. The molecule has 1 N–H and O–H groups in total. The molecule has 0 atom stereocenters. The summed E-state index contributed by atoms with van der Waals surface area (Å²) in [6.07, 6.45) is 1.90. The topological polar surface area (TPSA) is 50.2 Å². The van der Waals surface area contributed by atoms with E-state index in [0.29, 0.717) is 16.5 Å². The molecule has 1 aromatic heterocycles. The molecule has 0 spiro atoms. The van der Waals surface area contributed by atoms with E-state index in [0.717, 1.165) is 17.0 Å². The zero-order valence-electron chi connectivity index (χ0n) is 12.0. The van der Waals surface area contributed by atoms with E-state index in [9.17, 15) is 18.7 Å². The van der Waals surface area contributed by atoms with Crippen molar-refractivity contribution in [1.82, 2.24) is 4.98 Å². The summed E-state index contributed by atoms with van der Waals surface area (Å²) in [5, 5.41) is 9.91. The van der Waals surface area contributed by atoms with E-state index in [2.05, 4.69) is 4.98 Å². The quantitative estimate of drug-likeness (QED) is 0.713. The lowest BCUT2D eigenvalue weighted by atomic mass is 10.0. The number of aromatic nitrogens is 1. The highest BCUT2D eigenvalue weighted by Gasteiger charge is 2.14. The molecule has 0 bridgehead atoms. The summed E-state index contributed by atoms with van der Waals surface area (Å²) < 4.78 is 26.5. The summed E-state index contributed by atoms with van der Waals surface area (Å²) in [5.41, 5.74) is 1.17. The van der Waals surface area contributed by atoms with Crippen molar-refractivity contribution >= 4 is 28.6 Å². The van der Waals surface area contributed by atoms with Gasteiger partial charge in [-0.25, -0.2) is 18.6 Å². The number of thioether (sulfide) groups is 1. The lowest BCUT2D eigenvalue weighted by Crippen LogP contribution is -2.00. The predicted molar refractivity (Wildman–Crippen MR) is 85.8 cm³/mol. The molecule has 1 heterocycles. The molecule has 3 rings (SSSR count). The lowest BCUT2D eigenvalue weighted by Gasteiger charge is -2.08. The fourth-order valence-corrected chi connectivity index (χ4v) is 2.75. The Bertz CT molecular complexity index is 928. The van der Waals surface area contributed by atoms with Crippen molar-refractivity contribution in [2.45, 2.75) is 4.90 Å². The number of nitrogens with zero attached hydrogens (tertiary/aromatic N) is 1. The molecule has 2 aromatic carbocycles. The maximum absolute atomic E-state index is 13.4. The molecule has 116 valence electrons. The number of carboxylic acids is 1. The molecular formula is C17H11F2NO2S. The fraction of sp³-hybridized carbons (Fsp3) is 0.0588.